The Hall–Kier alpha value is -1.39. The minimum Gasteiger partial charge on any atom is -0.481 e. The predicted octanol–water partition coefficient (Wildman–Crippen LogP) is 2.06. The summed E-state index contributed by atoms with van der Waals surface area (Å²) in [6.07, 6.45) is 2.60. The second-order valence-corrected chi connectivity index (χ2v) is 5.64. The van der Waals surface area contributed by atoms with Gasteiger partial charge in [0.1, 0.15) is 0 Å². The van der Waals surface area contributed by atoms with Crippen molar-refractivity contribution >= 4 is 5.97 Å². The molecule has 0 radical (unpaired) electrons. The molecule has 4 heteroatoms. The predicted molar refractivity (Wildman–Crippen MR) is 79.6 cm³/mol. The highest BCUT2D eigenvalue weighted by Crippen LogP contribution is 2.17. The van der Waals surface area contributed by atoms with Crippen molar-refractivity contribution in [2.24, 2.45) is 0 Å². The maximum atomic E-state index is 10.7. The Labute approximate surface area is 121 Å². The molecule has 0 aliphatic carbocycles. The summed E-state index contributed by atoms with van der Waals surface area (Å²) < 4.78 is 0. The zero-order valence-electron chi connectivity index (χ0n) is 12.2. The van der Waals surface area contributed by atoms with Gasteiger partial charge in [0.15, 0.2) is 0 Å². The van der Waals surface area contributed by atoms with E-state index >= 15 is 0 Å². The minimum atomic E-state index is -0.704. The molecule has 1 aliphatic rings. The molecule has 0 aromatic heterocycles. The van der Waals surface area contributed by atoms with E-state index in [0.717, 1.165) is 26.1 Å². The Kier molecular flexibility index (Phi) is 5.56. The third-order valence-corrected chi connectivity index (χ3v) is 4.02. The van der Waals surface area contributed by atoms with Crippen LogP contribution >= 0.6 is 0 Å². The van der Waals surface area contributed by atoms with Crippen LogP contribution in [0.3, 0.4) is 0 Å². The molecule has 1 atom stereocenters. The van der Waals surface area contributed by atoms with Crippen LogP contribution in [0, 0.1) is 0 Å². The standard InChI is InChI=1S/C16H24N2O2/c1-17(12-14-6-3-2-4-7-14)15-8-5-10-18(13-15)11-9-16(19)20/h2-4,6-7,15H,5,8-13H2,1H3,(H,19,20). The minimum absolute atomic E-state index is 0.245. The van der Waals surface area contributed by atoms with Gasteiger partial charge in [0.2, 0.25) is 0 Å². The van der Waals surface area contributed by atoms with Gasteiger partial charge in [0, 0.05) is 25.7 Å². The topological polar surface area (TPSA) is 43.8 Å². The van der Waals surface area contributed by atoms with Gasteiger partial charge in [0.05, 0.1) is 6.42 Å². The number of likely N-dealkylation sites (tertiary alicyclic amines) is 1. The van der Waals surface area contributed by atoms with Gasteiger partial charge in [-0.2, -0.15) is 0 Å². The van der Waals surface area contributed by atoms with Crippen LogP contribution < -0.4 is 0 Å². The van der Waals surface area contributed by atoms with E-state index in [2.05, 4.69) is 41.1 Å². The molecule has 0 amide bonds. The number of hydrogen-bond donors (Lipinski definition) is 1. The molecular weight excluding hydrogens is 252 g/mol. The smallest absolute Gasteiger partial charge is 0.304 e. The molecule has 4 nitrogen and oxygen atoms in total. The highest BCUT2D eigenvalue weighted by Gasteiger charge is 2.23. The van der Waals surface area contributed by atoms with Gasteiger partial charge in [0.25, 0.3) is 0 Å². The Balaban J connectivity index is 1.83. The Bertz CT molecular complexity index is 422. The van der Waals surface area contributed by atoms with Crippen LogP contribution in [0.4, 0.5) is 0 Å². The highest BCUT2D eigenvalue weighted by molar-refractivity contribution is 5.66. The first-order chi connectivity index (χ1) is 9.65. The molecule has 110 valence electrons. The van der Waals surface area contributed by atoms with E-state index < -0.39 is 5.97 Å². The largest absolute Gasteiger partial charge is 0.481 e. The van der Waals surface area contributed by atoms with Crippen molar-refractivity contribution in [1.82, 2.24) is 9.80 Å². The van der Waals surface area contributed by atoms with Gasteiger partial charge < -0.3 is 10.0 Å². The number of rotatable bonds is 6. The molecule has 1 N–H and O–H groups in total. The van der Waals surface area contributed by atoms with Crippen LogP contribution in [0.5, 0.6) is 0 Å². The number of likely N-dealkylation sites (N-methyl/N-ethyl adjacent to an activating group) is 1. The third-order valence-electron chi connectivity index (χ3n) is 4.02. The summed E-state index contributed by atoms with van der Waals surface area (Å²) in [7, 11) is 2.17. The van der Waals surface area contributed by atoms with E-state index in [4.69, 9.17) is 5.11 Å². The molecular formula is C16H24N2O2. The lowest BCUT2D eigenvalue weighted by Crippen LogP contribution is -2.46. The Morgan fingerprint density at radius 1 is 1.40 bits per heavy atom. The quantitative estimate of drug-likeness (QED) is 0.863. The first kappa shape index (κ1) is 15.0. The second-order valence-electron chi connectivity index (χ2n) is 5.64. The summed E-state index contributed by atoms with van der Waals surface area (Å²) >= 11 is 0. The summed E-state index contributed by atoms with van der Waals surface area (Å²) in [5.41, 5.74) is 1.33. The van der Waals surface area contributed by atoms with Crippen LogP contribution in [0.1, 0.15) is 24.8 Å². The zero-order chi connectivity index (χ0) is 14.4. The Morgan fingerprint density at radius 3 is 2.85 bits per heavy atom. The van der Waals surface area contributed by atoms with Gasteiger partial charge in [-0.1, -0.05) is 30.3 Å². The number of aliphatic carboxylic acids is 1. The second kappa shape index (κ2) is 7.41. The lowest BCUT2D eigenvalue weighted by atomic mass is 10.0. The summed E-state index contributed by atoms with van der Waals surface area (Å²) in [5, 5.41) is 8.78. The molecule has 1 aromatic rings. The van der Waals surface area contributed by atoms with E-state index in [0.29, 0.717) is 12.6 Å². The van der Waals surface area contributed by atoms with E-state index in [-0.39, 0.29) is 6.42 Å². The highest BCUT2D eigenvalue weighted by atomic mass is 16.4. The van der Waals surface area contributed by atoms with Crippen LogP contribution in [0.15, 0.2) is 30.3 Å². The number of hydrogen-bond acceptors (Lipinski definition) is 3. The average molecular weight is 276 g/mol. The molecule has 0 bridgehead atoms. The van der Waals surface area contributed by atoms with E-state index in [9.17, 15) is 4.79 Å². The van der Waals surface area contributed by atoms with E-state index in [1.54, 1.807) is 0 Å². The third kappa shape index (κ3) is 4.62. The van der Waals surface area contributed by atoms with Crippen molar-refractivity contribution in [3.05, 3.63) is 35.9 Å². The fraction of sp³-hybridized carbons (Fsp3) is 0.562. The molecule has 1 aromatic carbocycles. The van der Waals surface area contributed by atoms with Crippen molar-refractivity contribution in [1.29, 1.82) is 0 Å². The molecule has 1 saturated heterocycles. The van der Waals surface area contributed by atoms with Crippen molar-refractivity contribution in [3.63, 3.8) is 0 Å². The first-order valence-electron chi connectivity index (χ1n) is 7.33. The molecule has 0 saturated carbocycles. The summed E-state index contributed by atoms with van der Waals surface area (Å²) in [4.78, 5) is 15.3. The fourth-order valence-electron chi connectivity index (χ4n) is 2.85. The maximum Gasteiger partial charge on any atom is 0.304 e. The number of piperidine rings is 1. The fourth-order valence-corrected chi connectivity index (χ4v) is 2.85. The first-order valence-corrected chi connectivity index (χ1v) is 7.33. The van der Waals surface area contributed by atoms with Crippen LogP contribution in [-0.4, -0.2) is 53.6 Å². The molecule has 1 aliphatic heterocycles. The monoisotopic (exact) mass is 276 g/mol. The van der Waals surface area contributed by atoms with E-state index in [1.165, 1.54) is 12.0 Å². The zero-order valence-corrected chi connectivity index (χ0v) is 12.2. The number of benzene rings is 1. The number of carbonyl (C=O) groups is 1. The summed E-state index contributed by atoms with van der Waals surface area (Å²) in [5.74, 6) is -0.704. The van der Waals surface area contributed by atoms with Crippen LogP contribution in [0.2, 0.25) is 0 Å². The van der Waals surface area contributed by atoms with Gasteiger partial charge in [-0.25, -0.2) is 0 Å². The molecule has 1 fully saturated rings. The maximum absolute atomic E-state index is 10.7. The molecule has 1 unspecified atom stereocenters. The Morgan fingerprint density at radius 2 is 2.15 bits per heavy atom. The van der Waals surface area contributed by atoms with Crippen LogP contribution in [0.25, 0.3) is 0 Å². The van der Waals surface area contributed by atoms with Gasteiger partial charge >= 0.3 is 5.97 Å². The molecule has 1 heterocycles. The normalized spacial score (nSPS) is 20.2. The molecule has 0 spiro atoms. The van der Waals surface area contributed by atoms with Crippen molar-refractivity contribution in [2.45, 2.75) is 31.8 Å². The van der Waals surface area contributed by atoms with Gasteiger partial charge in [-0.3, -0.25) is 9.69 Å². The lowest BCUT2D eigenvalue weighted by Gasteiger charge is -2.37. The van der Waals surface area contributed by atoms with Gasteiger partial charge in [-0.05, 0) is 32.0 Å². The average Bonchev–Trinajstić information content (AvgIpc) is 2.46. The summed E-state index contributed by atoms with van der Waals surface area (Å²) in [6, 6.07) is 11.0. The lowest BCUT2D eigenvalue weighted by molar-refractivity contribution is -0.137. The summed E-state index contributed by atoms with van der Waals surface area (Å²) in [6.45, 7) is 3.64. The molecule has 20 heavy (non-hydrogen) atoms. The van der Waals surface area contributed by atoms with Crippen molar-refractivity contribution < 1.29 is 9.90 Å². The van der Waals surface area contributed by atoms with E-state index in [1.807, 2.05) is 6.07 Å². The van der Waals surface area contributed by atoms with Gasteiger partial charge in [-0.15, -0.1) is 0 Å². The van der Waals surface area contributed by atoms with Crippen molar-refractivity contribution in [3.8, 4) is 0 Å². The SMILES string of the molecule is CN(Cc1ccccc1)C1CCCN(CCC(=O)O)C1. The number of carboxylic acid groups (broad SMARTS) is 1. The number of carboxylic acids is 1. The van der Waals surface area contributed by atoms with Crippen molar-refractivity contribution in [2.75, 3.05) is 26.7 Å². The number of nitrogens with zero attached hydrogens (tertiary/aromatic N) is 2. The van der Waals surface area contributed by atoms with Crippen LogP contribution in [-0.2, 0) is 11.3 Å². The molecule has 2 rings (SSSR count).